The Morgan fingerprint density at radius 1 is 1.26 bits per heavy atom. The molecule has 0 aromatic heterocycles. The van der Waals surface area contributed by atoms with E-state index in [1.54, 1.807) is 32.2 Å². The van der Waals surface area contributed by atoms with Crippen molar-refractivity contribution in [2.75, 3.05) is 19.6 Å². The maximum absolute atomic E-state index is 12.7. The highest BCUT2D eigenvalue weighted by Crippen LogP contribution is 2.39. The standard InChI is InChI=1S/C18H18F2N2O4.ClH/c1-10-3-4-12(21)6-13(10)17(23)22(2)8-11-5-15-16(25-9-24-15)7-14(11)26-18(19)20;/h3-7,18H,8-9,21H2,1-2H3;1H. The third-order valence-corrected chi connectivity index (χ3v) is 4.02. The van der Waals surface area contributed by atoms with Crippen LogP contribution < -0.4 is 19.9 Å². The molecule has 0 fully saturated rings. The van der Waals surface area contributed by atoms with Gasteiger partial charge in [0.1, 0.15) is 5.75 Å². The Morgan fingerprint density at radius 2 is 1.93 bits per heavy atom. The molecule has 0 unspecified atom stereocenters. The number of amides is 1. The number of nitrogens with zero attached hydrogens (tertiary/aromatic N) is 1. The first-order chi connectivity index (χ1) is 12.3. The lowest BCUT2D eigenvalue weighted by atomic mass is 10.1. The maximum Gasteiger partial charge on any atom is 0.387 e. The van der Waals surface area contributed by atoms with Crippen LogP contribution in [0.3, 0.4) is 0 Å². The Bertz CT molecular complexity index is 848. The molecular formula is C18H19ClF2N2O4. The van der Waals surface area contributed by atoms with Crippen LogP contribution in [0.15, 0.2) is 30.3 Å². The molecule has 27 heavy (non-hydrogen) atoms. The van der Waals surface area contributed by atoms with E-state index < -0.39 is 6.61 Å². The molecule has 1 heterocycles. The number of nitrogen functional groups attached to an aromatic ring is 1. The quantitative estimate of drug-likeness (QED) is 0.776. The van der Waals surface area contributed by atoms with Crippen molar-refractivity contribution in [3.63, 3.8) is 0 Å². The van der Waals surface area contributed by atoms with Crippen molar-refractivity contribution in [2.24, 2.45) is 0 Å². The molecule has 146 valence electrons. The van der Waals surface area contributed by atoms with Crippen molar-refractivity contribution in [1.82, 2.24) is 4.90 Å². The fourth-order valence-corrected chi connectivity index (χ4v) is 2.70. The molecule has 1 aliphatic rings. The lowest BCUT2D eigenvalue weighted by molar-refractivity contribution is -0.0507. The van der Waals surface area contributed by atoms with Crippen molar-refractivity contribution in [3.8, 4) is 17.2 Å². The molecule has 0 radical (unpaired) electrons. The van der Waals surface area contributed by atoms with Gasteiger partial charge in [-0.25, -0.2) is 0 Å². The highest BCUT2D eigenvalue weighted by molar-refractivity contribution is 5.96. The first-order valence-electron chi connectivity index (χ1n) is 7.84. The van der Waals surface area contributed by atoms with Crippen LogP contribution >= 0.6 is 12.4 Å². The predicted octanol–water partition coefficient (Wildman–Crippen LogP) is 3.60. The summed E-state index contributed by atoms with van der Waals surface area (Å²) in [5.74, 6) is 0.399. The fraction of sp³-hybridized carbons (Fsp3) is 0.278. The average Bonchev–Trinajstić information content (AvgIpc) is 3.03. The summed E-state index contributed by atoms with van der Waals surface area (Å²) in [5.41, 5.74) is 7.82. The summed E-state index contributed by atoms with van der Waals surface area (Å²) >= 11 is 0. The van der Waals surface area contributed by atoms with E-state index in [4.69, 9.17) is 15.2 Å². The van der Waals surface area contributed by atoms with Crippen LogP contribution in [0.2, 0.25) is 0 Å². The second kappa shape index (κ2) is 8.30. The van der Waals surface area contributed by atoms with Gasteiger partial charge in [0, 0.05) is 36.5 Å². The molecule has 2 aromatic rings. The Labute approximate surface area is 161 Å². The van der Waals surface area contributed by atoms with Gasteiger partial charge >= 0.3 is 6.61 Å². The molecule has 1 aliphatic heterocycles. The minimum Gasteiger partial charge on any atom is -0.454 e. The molecular weight excluding hydrogens is 382 g/mol. The average molecular weight is 401 g/mol. The summed E-state index contributed by atoms with van der Waals surface area (Å²) in [4.78, 5) is 14.1. The number of anilines is 1. The maximum atomic E-state index is 12.7. The SMILES string of the molecule is Cc1ccc(N)cc1C(=O)N(C)Cc1cc2c(cc1OC(F)F)OCO2.Cl. The molecule has 0 atom stereocenters. The van der Waals surface area contributed by atoms with Crippen molar-refractivity contribution >= 4 is 24.0 Å². The topological polar surface area (TPSA) is 74.0 Å². The molecule has 0 bridgehead atoms. The molecule has 0 aliphatic carbocycles. The Balaban J connectivity index is 0.00000261. The molecule has 6 nitrogen and oxygen atoms in total. The Morgan fingerprint density at radius 3 is 2.59 bits per heavy atom. The van der Waals surface area contributed by atoms with Gasteiger partial charge in [0.25, 0.3) is 5.91 Å². The Kier molecular flexibility index (Phi) is 6.32. The molecule has 1 amide bonds. The van der Waals surface area contributed by atoms with E-state index in [0.717, 1.165) is 5.56 Å². The molecule has 0 spiro atoms. The molecule has 9 heteroatoms. The van der Waals surface area contributed by atoms with E-state index in [1.165, 1.54) is 17.0 Å². The summed E-state index contributed by atoms with van der Waals surface area (Å²) in [6.45, 7) is -1.14. The number of halogens is 3. The third kappa shape index (κ3) is 4.51. The van der Waals surface area contributed by atoms with Crippen LogP contribution in [-0.4, -0.2) is 31.3 Å². The zero-order valence-electron chi connectivity index (χ0n) is 14.7. The number of nitrogens with two attached hydrogens (primary N) is 1. The van der Waals surface area contributed by atoms with Crippen molar-refractivity contribution < 1.29 is 27.8 Å². The first-order valence-corrected chi connectivity index (χ1v) is 7.84. The van der Waals surface area contributed by atoms with Gasteiger partial charge in [0.2, 0.25) is 6.79 Å². The number of carbonyl (C=O) groups excluding carboxylic acids is 1. The zero-order valence-corrected chi connectivity index (χ0v) is 15.5. The second-order valence-corrected chi connectivity index (χ2v) is 5.93. The van der Waals surface area contributed by atoms with Gasteiger partial charge in [-0.3, -0.25) is 4.79 Å². The number of carbonyl (C=O) groups is 1. The molecule has 3 rings (SSSR count). The van der Waals surface area contributed by atoms with Gasteiger partial charge in [-0.15, -0.1) is 12.4 Å². The number of aryl methyl sites for hydroxylation is 1. The number of alkyl halides is 2. The van der Waals surface area contributed by atoms with Gasteiger partial charge in [-0.1, -0.05) is 6.07 Å². The Hall–Kier alpha value is -2.74. The number of rotatable bonds is 5. The van der Waals surface area contributed by atoms with Gasteiger partial charge < -0.3 is 24.8 Å². The largest absolute Gasteiger partial charge is 0.454 e. The number of hydrogen-bond donors (Lipinski definition) is 1. The lowest BCUT2D eigenvalue weighted by Gasteiger charge is -2.21. The first kappa shape index (κ1) is 20.6. The van der Waals surface area contributed by atoms with Crippen LogP contribution in [-0.2, 0) is 6.54 Å². The van der Waals surface area contributed by atoms with E-state index in [0.29, 0.717) is 28.3 Å². The van der Waals surface area contributed by atoms with Gasteiger partial charge in [-0.2, -0.15) is 8.78 Å². The van der Waals surface area contributed by atoms with Crippen LogP contribution in [0.1, 0.15) is 21.5 Å². The van der Waals surface area contributed by atoms with E-state index in [9.17, 15) is 13.6 Å². The summed E-state index contributed by atoms with van der Waals surface area (Å²) in [6.07, 6.45) is 0. The molecule has 2 N–H and O–H groups in total. The van der Waals surface area contributed by atoms with Crippen LogP contribution in [0.4, 0.5) is 14.5 Å². The van der Waals surface area contributed by atoms with Gasteiger partial charge in [0.15, 0.2) is 11.5 Å². The lowest BCUT2D eigenvalue weighted by Crippen LogP contribution is -2.27. The fourth-order valence-electron chi connectivity index (χ4n) is 2.70. The van der Waals surface area contributed by atoms with Gasteiger partial charge in [-0.05, 0) is 30.7 Å². The number of ether oxygens (including phenoxy) is 3. The summed E-state index contributed by atoms with van der Waals surface area (Å²) in [6, 6.07) is 7.93. The predicted molar refractivity (Wildman–Crippen MR) is 97.8 cm³/mol. The van der Waals surface area contributed by atoms with Crippen LogP contribution in [0.5, 0.6) is 17.2 Å². The van der Waals surface area contributed by atoms with Crippen LogP contribution in [0.25, 0.3) is 0 Å². The van der Waals surface area contributed by atoms with Crippen molar-refractivity contribution in [3.05, 3.63) is 47.0 Å². The van der Waals surface area contributed by atoms with Gasteiger partial charge in [0.05, 0.1) is 0 Å². The van der Waals surface area contributed by atoms with Crippen molar-refractivity contribution in [2.45, 2.75) is 20.1 Å². The molecule has 2 aromatic carbocycles. The summed E-state index contributed by atoms with van der Waals surface area (Å²) in [7, 11) is 1.57. The minimum atomic E-state index is -2.99. The van der Waals surface area contributed by atoms with E-state index in [2.05, 4.69) is 4.74 Å². The summed E-state index contributed by atoms with van der Waals surface area (Å²) < 4.78 is 40.5. The smallest absolute Gasteiger partial charge is 0.387 e. The number of benzene rings is 2. The van der Waals surface area contributed by atoms with E-state index in [-0.39, 0.29) is 37.4 Å². The highest BCUT2D eigenvalue weighted by Gasteiger charge is 2.22. The number of fused-ring (bicyclic) bond motifs is 1. The normalized spacial score (nSPS) is 11.9. The highest BCUT2D eigenvalue weighted by atomic mass is 35.5. The monoisotopic (exact) mass is 400 g/mol. The van der Waals surface area contributed by atoms with E-state index >= 15 is 0 Å². The third-order valence-electron chi connectivity index (χ3n) is 4.02. The number of hydrogen-bond acceptors (Lipinski definition) is 5. The minimum absolute atomic E-state index is 0. The zero-order chi connectivity index (χ0) is 18.8. The molecule has 0 saturated heterocycles. The molecule has 0 saturated carbocycles. The summed E-state index contributed by atoms with van der Waals surface area (Å²) in [5, 5.41) is 0. The van der Waals surface area contributed by atoms with E-state index in [1.807, 2.05) is 0 Å². The van der Waals surface area contributed by atoms with Crippen LogP contribution in [0, 0.1) is 6.92 Å². The second-order valence-electron chi connectivity index (χ2n) is 5.93. The van der Waals surface area contributed by atoms with Crippen molar-refractivity contribution in [1.29, 1.82) is 0 Å².